The first-order valence-corrected chi connectivity index (χ1v) is 8.33. The highest BCUT2D eigenvalue weighted by Gasteiger charge is 2.19. The first kappa shape index (κ1) is 16.0. The van der Waals surface area contributed by atoms with E-state index in [1.165, 1.54) is 16.8 Å². The molecule has 1 aromatic carbocycles. The van der Waals surface area contributed by atoms with Crippen LogP contribution in [0.5, 0.6) is 0 Å². The Bertz CT molecular complexity index is 747. The zero-order chi connectivity index (χ0) is 16.4. The molecule has 7 heteroatoms. The van der Waals surface area contributed by atoms with Crippen LogP contribution in [0, 0.1) is 5.82 Å². The summed E-state index contributed by atoms with van der Waals surface area (Å²) in [5.74, 6) is -0.222. The van der Waals surface area contributed by atoms with Crippen LogP contribution < -0.4 is 15.4 Å². The topological polar surface area (TPSA) is 41.4 Å². The molecule has 1 saturated heterocycles. The van der Waals surface area contributed by atoms with E-state index in [1.54, 1.807) is 25.4 Å². The molecular formula is C16H18BrFN4O. The summed E-state index contributed by atoms with van der Waals surface area (Å²) in [5.41, 5.74) is 1.71. The molecule has 0 spiro atoms. The fraction of sp³-hybridized carbons (Fsp3) is 0.375. The van der Waals surface area contributed by atoms with Crippen molar-refractivity contribution >= 4 is 27.3 Å². The minimum Gasteiger partial charge on any atom is -0.370 e. The molecule has 5 nitrogen and oxygen atoms in total. The Morgan fingerprint density at radius 3 is 2.48 bits per heavy atom. The maximum Gasteiger partial charge on any atom is 0.282 e. The Balaban J connectivity index is 1.77. The minimum atomic E-state index is -0.222. The molecule has 2 aromatic rings. The molecule has 0 unspecified atom stereocenters. The lowest BCUT2D eigenvalue weighted by atomic mass is 10.2. The van der Waals surface area contributed by atoms with E-state index in [9.17, 15) is 9.18 Å². The first-order valence-electron chi connectivity index (χ1n) is 7.53. The summed E-state index contributed by atoms with van der Waals surface area (Å²) in [6.07, 6.45) is 2.68. The normalized spacial score (nSPS) is 15.6. The fourth-order valence-electron chi connectivity index (χ4n) is 2.79. The zero-order valence-electron chi connectivity index (χ0n) is 12.9. The Kier molecular flexibility index (Phi) is 4.66. The van der Waals surface area contributed by atoms with Gasteiger partial charge in [-0.05, 0) is 46.6 Å². The van der Waals surface area contributed by atoms with Crippen LogP contribution in [0.2, 0.25) is 0 Å². The lowest BCUT2D eigenvalue weighted by molar-refractivity contribution is 0.627. The van der Waals surface area contributed by atoms with Crippen LogP contribution in [0.25, 0.3) is 0 Å². The van der Waals surface area contributed by atoms with Crippen molar-refractivity contribution in [3.8, 4) is 0 Å². The molecule has 122 valence electrons. The summed E-state index contributed by atoms with van der Waals surface area (Å²) >= 11 is 3.39. The molecule has 3 rings (SSSR count). The predicted octanol–water partition coefficient (Wildman–Crippen LogP) is 2.40. The van der Waals surface area contributed by atoms with Gasteiger partial charge < -0.3 is 9.80 Å². The predicted molar refractivity (Wildman–Crippen MR) is 92.6 cm³/mol. The third-order valence-corrected chi connectivity index (χ3v) is 4.83. The van der Waals surface area contributed by atoms with Gasteiger partial charge in [0.1, 0.15) is 10.3 Å². The van der Waals surface area contributed by atoms with Gasteiger partial charge in [0.05, 0.1) is 11.9 Å². The summed E-state index contributed by atoms with van der Waals surface area (Å²) in [6, 6.07) is 6.58. The summed E-state index contributed by atoms with van der Waals surface area (Å²) < 4.78 is 14.9. The molecule has 0 bridgehead atoms. The standard InChI is InChI=1S/C16H18BrFN4O/c1-20-16(23)15(17)14(11-19-20)22-8-2-7-21(9-10-22)13-5-3-12(18)4-6-13/h3-6,11H,2,7-10H2,1H3. The van der Waals surface area contributed by atoms with Crippen molar-refractivity contribution in [3.63, 3.8) is 0 Å². The van der Waals surface area contributed by atoms with E-state index < -0.39 is 0 Å². The largest absolute Gasteiger partial charge is 0.370 e. The highest BCUT2D eigenvalue weighted by molar-refractivity contribution is 9.10. The van der Waals surface area contributed by atoms with Gasteiger partial charge in [-0.25, -0.2) is 9.07 Å². The van der Waals surface area contributed by atoms with Crippen molar-refractivity contribution in [2.75, 3.05) is 36.0 Å². The average molecular weight is 381 g/mol. The number of nitrogens with zero attached hydrogens (tertiary/aromatic N) is 4. The van der Waals surface area contributed by atoms with Gasteiger partial charge in [0.15, 0.2) is 0 Å². The second-order valence-corrected chi connectivity index (χ2v) is 6.37. The van der Waals surface area contributed by atoms with E-state index in [1.807, 2.05) is 0 Å². The van der Waals surface area contributed by atoms with Crippen LogP contribution in [-0.4, -0.2) is 36.0 Å². The van der Waals surface area contributed by atoms with Gasteiger partial charge in [-0.15, -0.1) is 0 Å². The molecule has 0 radical (unpaired) electrons. The number of hydrogen-bond acceptors (Lipinski definition) is 4. The molecule has 0 atom stereocenters. The number of aromatic nitrogens is 2. The molecule has 2 heterocycles. The fourth-order valence-corrected chi connectivity index (χ4v) is 3.40. The summed E-state index contributed by atoms with van der Waals surface area (Å²) in [7, 11) is 1.63. The molecule has 1 fully saturated rings. The number of rotatable bonds is 2. The van der Waals surface area contributed by atoms with Crippen molar-refractivity contribution in [3.05, 3.63) is 51.1 Å². The van der Waals surface area contributed by atoms with E-state index in [4.69, 9.17) is 0 Å². The SMILES string of the molecule is Cn1ncc(N2CCCN(c3ccc(F)cc3)CC2)c(Br)c1=O. The van der Waals surface area contributed by atoms with Crippen LogP contribution in [0.4, 0.5) is 15.8 Å². The van der Waals surface area contributed by atoms with Gasteiger partial charge in [0.2, 0.25) is 0 Å². The maximum absolute atomic E-state index is 13.1. The second kappa shape index (κ2) is 6.70. The molecule has 0 aliphatic carbocycles. The number of anilines is 2. The van der Waals surface area contributed by atoms with E-state index in [2.05, 4.69) is 30.8 Å². The van der Waals surface area contributed by atoms with E-state index in [0.717, 1.165) is 44.0 Å². The maximum atomic E-state index is 13.1. The van der Waals surface area contributed by atoms with Gasteiger partial charge in [-0.3, -0.25) is 4.79 Å². The second-order valence-electron chi connectivity index (χ2n) is 5.58. The van der Waals surface area contributed by atoms with Crippen LogP contribution in [0.1, 0.15) is 6.42 Å². The first-order chi connectivity index (χ1) is 11.1. The van der Waals surface area contributed by atoms with Crippen molar-refractivity contribution in [1.29, 1.82) is 0 Å². The Morgan fingerprint density at radius 2 is 1.74 bits per heavy atom. The van der Waals surface area contributed by atoms with Crippen molar-refractivity contribution < 1.29 is 4.39 Å². The minimum absolute atomic E-state index is 0.137. The van der Waals surface area contributed by atoms with Crippen LogP contribution in [0.3, 0.4) is 0 Å². The third kappa shape index (κ3) is 3.39. The van der Waals surface area contributed by atoms with Gasteiger partial charge in [0.25, 0.3) is 5.56 Å². The van der Waals surface area contributed by atoms with Crippen LogP contribution >= 0.6 is 15.9 Å². The molecular weight excluding hydrogens is 363 g/mol. The lowest BCUT2D eigenvalue weighted by Crippen LogP contribution is -2.32. The van der Waals surface area contributed by atoms with Crippen molar-refractivity contribution in [1.82, 2.24) is 9.78 Å². The van der Waals surface area contributed by atoms with Crippen LogP contribution in [0.15, 0.2) is 39.7 Å². The van der Waals surface area contributed by atoms with Gasteiger partial charge >= 0.3 is 0 Å². The number of aryl methyl sites for hydroxylation is 1. The Hall–Kier alpha value is -1.89. The summed E-state index contributed by atoms with van der Waals surface area (Å²) in [4.78, 5) is 16.4. The zero-order valence-corrected chi connectivity index (χ0v) is 14.5. The highest BCUT2D eigenvalue weighted by Crippen LogP contribution is 2.24. The summed E-state index contributed by atoms with van der Waals surface area (Å²) in [6.45, 7) is 3.35. The molecule has 1 aliphatic heterocycles. The van der Waals surface area contributed by atoms with Gasteiger partial charge in [-0.1, -0.05) is 0 Å². The van der Waals surface area contributed by atoms with Crippen LogP contribution in [-0.2, 0) is 7.05 Å². The van der Waals surface area contributed by atoms with Crippen molar-refractivity contribution in [2.24, 2.45) is 7.05 Å². The monoisotopic (exact) mass is 380 g/mol. The lowest BCUT2D eigenvalue weighted by Gasteiger charge is -2.25. The number of hydrogen-bond donors (Lipinski definition) is 0. The molecule has 1 aromatic heterocycles. The molecule has 1 aliphatic rings. The van der Waals surface area contributed by atoms with Crippen molar-refractivity contribution in [2.45, 2.75) is 6.42 Å². The smallest absolute Gasteiger partial charge is 0.282 e. The Labute approximate surface area is 142 Å². The van der Waals surface area contributed by atoms with E-state index >= 15 is 0 Å². The number of halogens is 2. The van der Waals surface area contributed by atoms with Gasteiger partial charge in [0, 0.05) is 38.9 Å². The summed E-state index contributed by atoms with van der Waals surface area (Å²) in [5, 5.41) is 4.11. The molecule has 0 N–H and O–H groups in total. The van der Waals surface area contributed by atoms with E-state index in [-0.39, 0.29) is 11.4 Å². The average Bonchev–Trinajstić information content (AvgIpc) is 2.80. The highest BCUT2D eigenvalue weighted by atomic mass is 79.9. The molecule has 0 amide bonds. The number of benzene rings is 1. The van der Waals surface area contributed by atoms with Gasteiger partial charge in [-0.2, -0.15) is 5.10 Å². The molecule has 23 heavy (non-hydrogen) atoms. The third-order valence-electron chi connectivity index (χ3n) is 4.09. The van der Waals surface area contributed by atoms with E-state index in [0.29, 0.717) is 4.47 Å². The molecule has 0 saturated carbocycles. The Morgan fingerprint density at radius 1 is 1.09 bits per heavy atom. The quantitative estimate of drug-likeness (QED) is 0.801.